The van der Waals surface area contributed by atoms with Crippen molar-refractivity contribution in [1.29, 1.82) is 0 Å². The predicted octanol–water partition coefficient (Wildman–Crippen LogP) is 5.24. The maximum absolute atomic E-state index is 4.99. The zero-order valence-electron chi connectivity index (χ0n) is 13.5. The van der Waals surface area contributed by atoms with Crippen molar-refractivity contribution in [3.8, 4) is 17.1 Å². The fourth-order valence-electron chi connectivity index (χ4n) is 3.27. The number of hydrogen-bond donors (Lipinski definition) is 0. The number of hydrogen-bond acceptors (Lipinski definition) is 2. The molecule has 3 heteroatoms. The second-order valence-electron chi connectivity index (χ2n) is 5.99. The first-order valence-electron chi connectivity index (χ1n) is 8.29. The molecule has 2 heterocycles. The van der Waals surface area contributed by atoms with E-state index in [0.717, 1.165) is 39.0 Å². The maximum atomic E-state index is 4.99. The lowest BCUT2D eigenvalue weighted by atomic mass is 10.1. The highest BCUT2D eigenvalue weighted by Crippen LogP contribution is 2.31. The van der Waals surface area contributed by atoms with Crippen molar-refractivity contribution in [2.75, 3.05) is 0 Å². The average molecular weight is 321 g/mol. The molecule has 0 aliphatic carbocycles. The van der Waals surface area contributed by atoms with Gasteiger partial charge in [-0.15, -0.1) is 0 Å². The van der Waals surface area contributed by atoms with Crippen molar-refractivity contribution >= 4 is 21.9 Å². The number of fused-ring (bicyclic) bond motifs is 3. The molecule has 0 aliphatic heterocycles. The van der Waals surface area contributed by atoms with Gasteiger partial charge in [0.1, 0.15) is 11.3 Å². The normalized spacial score (nSPS) is 11.2. The van der Waals surface area contributed by atoms with Gasteiger partial charge in [0.15, 0.2) is 5.65 Å². The number of nitrogens with zero attached hydrogens (tertiary/aromatic N) is 3. The summed E-state index contributed by atoms with van der Waals surface area (Å²) in [6, 6.07) is 28.8. The second kappa shape index (κ2) is 5.56. The molecule has 5 aromatic rings. The van der Waals surface area contributed by atoms with E-state index in [4.69, 9.17) is 9.97 Å². The Morgan fingerprint density at radius 1 is 0.680 bits per heavy atom. The van der Waals surface area contributed by atoms with E-state index in [9.17, 15) is 0 Å². The molecule has 25 heavy (non-hydrogen) atoms. The standard InChI is InChI=1S/C22H15N3/c1-3-9-16(10-4-1)21-24-20-19-14-8-7-11-17(19)15-23-22(20)25(21)18-12-5-2-6-13-18/h1-15H. The summed E-state index contributed by atoms with van der Waals surface area (Å²) in [5.41, 5.74) is 3.95. The Morgan fingerprint density at radius 3 is 2.16 bits per heavy atom. The van der Waals surface area contributed by atoms with Crippen LogP contribution < -0.4 is 0 Å². The summed E-state index contributed by atoms with van der Waals surface area (Å²) >= 11 is 0. The molecule has 0 aliphatic rings. The fourth-order valence-corrected chi connectivity index (χ4v) is 3.27. The first-order valence-corrected chi connectivity index (χ1v) is 8.29. The van der Waals surface area contributed by atoms with Crippen LogP contribution in [0.15, 0.2) is 91.1 Å². The molecule has 0 spiro atoms. The van der Waals surface area contributed by atoms with Gasteiger partial charge in [-0.25, -0.2) is 9.97 Å². The molecule has 0 radical (unpaired) electrons. The lowest BCUT2D eigenvalue weighted by Gasteiger charge is -2.08. The van der Waals surface area contributed by atoms with E-state index in [1.807, 2.05) is 54.7 Å². The number of aromatic nitrogens is 3. The molecule has 0 unspecified atom stereocenters. The summed E-state index contributed by atoms with van der Waals surface area (Å²) in [5.74, 6) is 0.908. The molecule has 3 aromatic carbocycles. The summed E-state index contributed by atoms with van der Waals surface area (Å²) < 4.78 is 2.14. The van der Waals surface area contributed by atoms with Gasteiger partial charge in [-0.2, -0.15) is 0 Å². The highest BCUT2D eigenvalue weighted by molar-refractivity contribution is 6.03. The van der Waals surface area contributed by atoms with E-state index in [-0.39, 0.29) is 0 Å². The van der Waals surface area contributed by atoms with Crippen molar-refractivity contribution < 1.29 is 0 Å². The van der Waals surface area contributed by atoms with E-state index < -0.39 is 0 Å². The van der Waals surface area contributed by atoms with E-state index in [2.05, 4.69) is 41.0 Å². The molecule has 0 N–H and O–H groups in total. The summed E-state index contributed by atoms with van der Waals surface area (Å²) in [7, 11) is 0. The molecular weight excluding hydrogens is 306 g/mol. The smallest absolute Gasteiger partial charge is 0.165 e. The zero-order chi connectivity index (χ0) is 16.6. The maximum Gasteiger partial charge on any atom is 0.165 e. The molecule has 2 aromatic heterocycles. The minimum atomic E-state index is 0.878. The Bertz CT molecular complexity index is 1180. The highest BCUT2D eigenvalue weighted by atomic mass is 15.1. The monoisotopic (exact) mass is 321 g/mol. The molecule has 5 rings (SSSR count). The Balaban J connectivity index is 1.93. The fraction of sp³-hybridized carbons (Fsp3) is 0. The second-order valence-corrected chi connectivity index (χ2v) is 5.99. The zero-order valence-corrected chi connectivity index (χ0v) is 13.5. The molecule has 0 fully saturated rings. The number of imidazole rings is 1. The predicted molar refractivity (Wildman–Crippen MR) is 102 cm³/mol. The highest BCUT2D eigenvalue weighted by Gasteiger charge is 2.16. The van der Waals surface area contributed by atoms with Crippen LogP contribution in [0.2, 0.25) is 0 Å². The largest absolute Gasteiger partial charge is 0.277 e. The molecule has 0 saturated heterocycles. The van der Waals surface area contributed by atoms with Gasteiger partial charge in [0.25, 0.3) is 0 Å². The Labute approximate surface area is 145 Å². The molecule has 0 bridgehead atoms. The van der Waals surface area contributed by atoms with Crippen molar-refractivity contribution in [3.63, 3.8) is 0 Å². The van der Waals surface area contributed by atoms with Crippen LogP contribution in [0.3, 0.4) is 0 Å². The molecule has 0 atom stereocenters. The van der Waals surface area contributed by atoms with Crippen molar-refractivity contribution in [3.05, 3.63) is 91.1 Å². The van der Waals surface area contributed by atoms with Gasteiger partial charge in [-0.1, -0.05) is 72.8 Å². The topological polar surface area (TPSA) is 30.7 Å². The lowest BCUT2D eigenvalue weighted by molar-refractivity contribution is 1.08. The quantitative estimate of drug-likeness (QED) is 0.445. The van der Waals surface area contributed by atoms with E-state index in [1.54, 1.807) is 0 Å². The van der Waals surface area contributed by atoms with Crippen LogP contribution in [0.4, 0.5) is 0 Å². The van der Waals surface area contributed by atoms with Gasteiger partial charge in [-0.3, -0.25) is 4.57 Å². The van der Waals surface area contributed by atoms with E-state index in [0.29, 0.717) is 0 Å². The molecule has 0 amide bonds. The van der Waals surface area contributed by atoms with Gasteiger partial charge in [0, 0.05) is 28.2 Å². The minimum Gasteiger partial charge on any atom is -0.277 e. The SMILES string of the molecule is c1ccc(-c2nc3c4ccccc4cnc3n2-c2ccccc2)cc1. The lowest BCUT2D eigenvalue weighted by Crippen LogP contribution is -1.98. The average Bonchev–Trinajstić information content (AvgIpc) is 3.09. The van der Waals surface area contributed by atoms with Crippen LogP contribution in [0.1, 0.15) is 0 Å². The molecule has 3 nitrogen and oxygen atoms in total. The number of pyridine rings is 1. The number of para-hydroxylation sites is 1. The number of benzene rings is 3. The van der Waals surface area contributed by atoms with Crippen molar-refractivity contribution in [2.24, 2.45) is 0 Å². The Kier molecular flexibility index (Phi) is 3.10. The molecule has 118 valence electrons. The molecule has 0 saturated carbocycles. The third-order valence-corrected chi connectivity index (χ3v) is 4.44. The van der Waals surface area contributed by atoms with Crippen molar-refractivity contribution in [1.82, 2.24) is 14.5 Å². The van der Waals surface area contributed by atoms with Crippen LogP contribution in [0.5, 0.6) is 0 Å². The van der Waals surface area contributed by atoms with Crippen LogP contribution in [0.25, 0.3) is 39.0 Å². The van der Waals surface area contributed by atoms with Crippen LogP contribution in [-0.2, 0) is 0 Å². The molecular formula is C22H15N3. The third kappa shape index (κ3) is 2.21. The van der Waals surface area contributed by atoms with Gasteiger partial charge in [-0.05, 0) is 12.1 Å². The summed E-state index contributed by atoms with van der Waals surface area (Å²) in [5, 5.41) is 2.23. The van der Waals surface area contributed by atoms with Crippen LogP contribution in [0, 0.1) is 0 Å². The van der Waals surface area contributed by atoms with Crippen molar-refractivity contribution in [2.45, 2.75) is 0 Å². The third-order valence-electron chi connectivity index (χ3n) is 4.44. The first-order chi connectivity index (χ1) is 12.4. The van der Waals surface area contributed by atoms with Gasteiger partial charge >= 0.3 is 0 Å². The van der Waals surface area contributed by atoms with Gasteiger partial charge < -0.3 is 0 Å². The van der Waals surface area contributed by atoms with E-state index >= 15 is 0 Å². The minimum absolute atomic E-state index is 0.878. The first kappa shape index (κ1) is 13.9. The van der Waals surface area contributed by atoms with E-state index in [1.165, 1.54) is 0 Å². The van der Waals surface area contributed by atoms with Crippen LogP contribution >= 0.6 is 0 Å². The van der Waals surface area contributed by atoms with Gasteiger partial charge in [0.2, 0.25) is 0 Å². The Morgan fingerprint density at radius 2 is 1.36 bits per heavy atom. The number of rotatable bonds is 2. The summed E-state index contributed by atoms with van der Waals surface area (Å²) in [6.07, 6.45) is 1.92. The van der Waals surface area contributed by atoms with Crippen LogP contribution in [-0.4, -0.2) is 14.5 Å². The Hall–Kier alpha value is -3.46. The van der Waals surface area contributed by atoms with Gasteiger partial charge in [0.05, 0.1) is 0 Å². The summed E-state index contributed by atoms with van der Waals surface area (Å²) in [4.78, 5) is 9.72. The summed E-state index contributed by atoms with van der Waals surface area (Å²) in [6.45, 7) is 0.